The third-order valence-corrected chi connectivity index (χ3v) is 3.05. The maximum atomic E-state index is 14.0. The van der Waals surface area contributed by atoms with Crippen molar-refractivity contribution >= 4 is 23.4 Å². The van der Waals surface area contributed by atoms with Crippen molar-refractivity contribution in [2.24, 2.45) is 0 Å². The number of hydrogen-bond donors (Lipinski definition) is 1. The highest BCUT2D eigenvalue weighted by Crippen LogP contribution is 2.26. The van der Waals surface area contributed by atoms with Gasteiger partial charge >= 0.3 is 6.09 Å². The van der Waals surface area contributed by atoms with Gasteiger partial charge in [0.2, 0.25) is 0 Å². The molecule has 122 valence electrons. The maximum absolute atomic E-state index is 14.0. The molecule has 0 fully saturated rings. The molecule has 0 spiro atoms. The van der Waals surface area contributed by atoms with Crippen LogP contribution in [0.25, 0.3) is 0 Å². The average molecular weight is 339 g/mol. The minimum Gasteiger partial charge on any atom is -0.457 e. The molecule has 0 aliphatic heterocycles. The summed E-state index contributed by atoms with van der Waals surface area (Å²) in [6, 6.07) is 7.20. The van der Waals surface area contributed by atoms with Crippen LogP contribution < -0.4 is 10.1 Å². The van der Waals surface area contributed by atoms with Gasteiger partial charge in [0.05, 0.1) is 12.3 Å². The van der Waals surface area contributed by atoms with E-state index in [1.54, 1.807) is 6.07 Å². The Morgan fingerprint density at radius 1 is 1.30 bits per heavy atom. The normalized spacial score (nSPS) is 10.2. The van der Waals surface area contributed by atoms with E-state index >= 15 is 0 Å². The van der Waals surface area contributed by atoms with Crippen LogP contribution in [0.1, 0.15) is 19.8 Å². The monoisotopic (exact) mass is 338 g/mol. The lowest BCUT2D eigenvalue weighted by molar-refractivity contribution is 0.159. The van der Waals surface area contributed by atoms with Gasteiger partial charge in [-0.05, 0) is 24.6 Å². The van der Waals surface area contributed by atoms with E-state index in [1.165, 1.54) is 24.4 Å². The van der Waals surface area contributed by atoms with Gasteiger partial charge in [-0.3, -0.25) is 5.32 Å². The lowest BCUT2D eigenvalue weighted by Crippen LogP contribution is -2.15. The first-order valence-electron chi connectivity index (χ1n) is 7.11. The molecule has 2 aromatic rings. The molecule has 2 rings (SSSR count). The molecule has 1 aromatic heterocycles. The second-order valence-corrected chi connectivity index (χ2v) is 5.06. The number of aromatic nitrogens is 1. The van der Waals surface area contributed by atoms with Gasteiger partial charge in [0.1, 0.15) is 16.7 Å². The molecule has 0 unspecified atom stereocenters. The smallest absolute Gasteiger partial charge is 0.411 e. The zero-order chi connectivity index (χ0) is 16.7. The Balaban J connectivity index is 1.98. The summed E-state index contributed by atoms with van der Waals surface area (Å²) in [6.45, 7) is 2.28. The second kappa shape index (κ2) is 8.33. The molecule has 1 heterocycles. The number of unbranched alkanes of at least 4 members (excludes halogenated alkanes) is 1. The second-order valence-electron chi connectivity index (χ2n) is 4.67. The predicted octanol–water partition coefficient (Wildman–Crippen LogP) is 5.02. The molecular formula is C16H16ClFN2O3. The van der Waals surface area contributed by atoms with E-state index in [-0.39, 0.29) is 16.6 Å². The minimum absolute atomic E-state index is 0.0200. The molecule has 0 aliphatic rings. The lowest BCUT2D eigenvalue weighted by atomic mass is 10.3. The zero-order valence-electron chi connectivity index (χ0n) is 12.5. The van der Waals surface area contributed by atoms with Crippen LogP contribution in [-0.4, -0.2) is 17.7 Å². The first-order valence-corrected chi connectivity index (χ1v) is 7.49. The fraction of sp³-hybridized carbons (Fsp3) is 0.250. The molecule has 0 bridgehead atoms. The molecule has 5 nitrogen and oxygen atoms in total. The number of ether oxygens (including phenoxy) is 2. The Morgan fingerprint density at radius 2 is 2.09 bits per heavy atom. The number of nitrogens with zero attached hydrogens (tertiary/aromatic N) is 1. The lowest BCUT2D eigenvalue weighted by Gasteiger charge is -2.10. The van der Waals surface area contributed by atoms with Crippen LogP contribution in [0, 0.1) is 5.82 Å². The van der Waals surface area contributed by atoms with E-state index < -0.39 is 11.9 Å². The molecule has 0 saturated heterocycles. The molecule has 0 aliphatic carbocycles. The standard InChI is InChI=1S/C16H16ClFN2O3/c1-2-3-8-22-16(21)20-14-5-4-11(9-13(14)18)23-12-6-7-19-15(17)10-12/h4-7,9-10H,2-3,8H2,1H3,(H,20,21). The molecule has 0 atom stereocenters. The van der Waals surface area contributed by atoms with Gasteiger partial charge in [0.15, 0.2) is 5.82 Å². The number of pyridine rings is 1. The number of amides is 1. The van der Waals surface area contributed by atoms with Crippen LogP contribution >= 0.6 is 11.6 Å². The van der Waals surface area contributed by atoms with Gasteiger partial charge in [-0.2, -0.15) is 0 Å². The van der Waals surface area contributed by atoms with E-state index in [1.807, 2.05) is 6.92 Å². The summed E-state index contributed by atoms with van der Waals surface area (Å²) in [5.74, 6) is 0.0776. The van der Waals surface area contributed by atoms with Gasteiger partial charge in [0.25, 0.3) is 0 Å². The van der Waals surface area contributed by atoms with Crippen molar-refractivity contribution in [2.45, 2.75) is 19.8 Å². The number of rotatable bonds is 6. The number of nitrogens with one attached hydrogen (secondary N) is 1. The summed E-state index contributed by atoms with van der Waals surface area (Å²) in [6.07, 6.45) is 2.46. The van der Waals surface area contributed by atoms with E-state index in [2.05, 4.69) is 10.3 Å². The van der Waals surface area contributed by atoms with Gasteiger partial charge < -0.3 is 9.47 Å². The van der Waals surface area contributed by atoms with Crippen LogP contribution in [0.15, 0.2) is 36.5 Å². The summed E-state index contributed by atoms with van der Waals surface area (Å²) < 4.78 is 24.4. The van der Waals surface area contributed by atoms with Crippen LogP contribution in [0.5, 0.6) is 11.5 Å². The maximum Gasteiger partial charge on any atom is 0.411 e. The van der Waals surface area contributed by atoms with Crippen molar-refractivity contribution in [3.63, 3.8) is 0 Å². The molecular weight excluding hydrogens is 323 g/mol. The third-order valence-electron chi connectivity index (χ3n) is 2.84. The fourth-order valence-electron chi connectivity index (χ4n) is 1.70. The summed E-state index contributed by atoms with van der Waals surface area (Å²) in [5, 5.41) is 2.62. The summed E-state index contributed by atoms with van der Waals surface area (Å²) in [5.41, 5.74) is 0.0200. The number of carbonyl (C=O) groups excluding carboxylic acids is 1. The third kappa shape index (κ3) is 5.41. The topological polar surface area (TPSA) is 60.5 Å². The first-order chi connectivity index (χ1) is 11.1. The largest absolute Gasteiger partial charge is 0.457 e. The van der Waals surface area contributed by atoms with E-state index in [0.29, 0.717) is 12.4 Å². The van der Waals surface area contributed by atoms with E-state index in [9.17, 15) is 9.18 Å². The van der Waals surface area contributed by atoms with Gasteiger partial charge in [-0.15, -0.1) is 0 Å². The fourth-order valence-corrected chi connectivity index (χ4v) is 1.86. The molecule has 7 heteroatoms. The SMILES string of the molecule is CCCCOC(=O)Nc1ccc(Oc2ccnc(Cl)c2)cc1F. The number of carbonyl (C=O) groups is 1. The Morgan fingerprint density at radius 3 is 2.78 bits per heavy atom. The van der Waals surface area contributed by atoms with E-state index in [0.717, 1.165) is 18.9 Å². The number of anilines is 1. The van der Waals surface area contributed by atoms with Crippen molar-refractivity contribution < 1.29 is 18.7 Å². The highest BCUT2D eigenvalue weighted by molar-refractivity contribution is 6.29. The molecule has 1 amide bonds. The Bertz CT molecular complexity index is 682. The molecule has 1 aromatic carbocycles. The van der Waals surface area contributed by atoms with Gasteiger partial charge in [-0.25, -0.2) is 14.2 Å². The van der Waals surface area contributed by atoms with Crippen LogP contribution in [0.4, 0.5) is 14.9 Å². The predicted molar refractivity (Wildman–Crippen MR) is 85.6 cm³/mol. The van der Waals surface area contributed by atoms with Gasteiger partial charge in [-0.1, -0.05) is 24.9 Å². The summed E-state index contributed by atoms with van der Waals surface area (Å²) in [4.78, 5) is 15.3. The van der Waals surface area contributed by atoms with Crippen LogP contribution in [-0.2, 0) is 4.74 Å². The number of hydrogen-bond acceptors (Lipinski definition) is 4. The summed E-state index contributed by atoms with van der Waals surface area (Å²) >= 11 is 5.75. The van der Waals surface area contributed by atoms with Crippen molar-refractivity contribution in [1.29, 1.82) is 0 Å². The van der Waals surface area contributed by atoms with Crippen LogP contribution in [0.3, 0.4) is 0 Å². The van der Waals surface area contributed by atoms with E-state index in [4.69, 9.17) is 21.1 Å². The number of benzene rings is 1. The average Bonchev–Trinajstić information content (AvgIpc) is 2.50. The van der Waals surface area contributed by atoms with Crippen molar-refractivity contribution in [1.82, 2.24) is 4.98 Å². The summed E-state index contributed by atoms with van der Waals surface area (Å²) in [7, 11) is 0. The highest BCUT2D eigenvalue weighted by atomic mass is 35.5. The molecule has 1 N–H and O–H groups in total. The Kier molecular flexibility index (Phi) is 6.17. The zero-order valence-corrected chi connectivity index (χ0v) is 13.3. The Hall–Kier alpha value is -2.34. The molecule has 0 radical (unpaired) electrons. The van der Waals surface area contributed by atoms with Crippen molar-refractivity contribution in [2.75, 3.05) is 11.9 Å². The Labute approximate surface area is 138 Å². The molecule has 23 heavy (non-hydrogen) atoms. The quantitative estimate of drug-likeness (QED) is 0.593. The van der Waals surface area contributed by atoms with Crippen molar-refractivity contribution in [3.8, 4) is 11.5 Å². The highest BCUT2D eigenvalue weighted by Gasteiger charge is 2.09. The van der Waals surface area contributed by atoms with Gasteiger partial charge in [0, 0.05) is 18.3 Å². The number of halogens is 2. The minimum atomic E-state index is -0.688. The van der Waals surface area contributed by atoms with Crippen LogP contribution in [0.2, 0.25) is 5.15 Å². The molecule has 0 saturated carbocycles. The van der Waals surface area contributed by atoms with Crippen molar-refractivity contribution in [3.05, 3.63) is 47.5 Å². The first kappa shape index (κ1) is 17.0.